The molecule has 1 saturated heterocycles. The standard InChI is InChI=1S/C11H23NO2/c1-10(2)12(6-7-13)9-11-5-3-4-8-14-11/h10-11,13H,3-9H2,1-2H3. The molecular weight excluding hydrogens is 178 g/mol. The Morgan fingerprint density at radius 1 is 1.43 bits per heavy atom. The summed E-state index contributed by atoms with van der Waals surface area (Å²) in [5.74, 6) is 0. The Morgan fingerprint density at radius 2 is 2.21 bits per heavy atom. The van der Waals surface area contributed by atoms with Crippen molar-refractivity contribution in [1.82, 2.24) is 4.90 Å². The van der Waals surface area contributed by atoms with Gasteiger partial charge in [-0.1, -0.05) is 0 Å². The highest BCUT2D eigenvalue weighted by Gasteiger charge is 2.18. The number of hydrogen-bond donors (Lipinski definition) is 1. The van der Waals surface area contributed by atoms with Crippen LogP contribution in [0.2, 0.25) is 0 Å². The summed E-state index contributed by atoms with van der Waals surface area (Å²) in [5, 5.41) is 8.93. The van der Waals surface area contributed by atoms with Gasteiger partial charge in [0.15, 0.2) is 0 Å². The van der Waals surface area contributed by atoms with Crippen LogP contribution in [-0.2, 0) is 4.74 Å². The maximum atomic E-state index is 8.93. The molecule has 0 aromatic rings. The second-order valence-corrected chi connectivity index (χ2v) is 4.30. The van der Waals surface area contributed by atoms with Crippen molar-refractivity contribution in [2.75, 3.05) is 26.3 Å². The van der Waals surface area contributed by atoms with E-state index in [4.69, 9.17) is 9.84 Å². The number of ether oxygens (including phenoxy) is 1. The van der Waals surface area contributed by atoms with E-state index < -0.39 is 0 Å². The van der Waals surface area contributed by atoms with Crippen molar-refractivity contribution in [1.29, 1.82) is 0 Å². The molecule has 1 atom stereocenters. The smallest absolute Gasteiger partial charge is 0.0702 e. The molecule has 0 aromatic carbocycles. The molecule has 3 nitrogen and oxygen atoms in total. The van der Waals surface area contributed by atoms with Crippen LogP contribution in [0.3, 0.4) is 0 Å². The van der Waals surface area contributed by atoms with Crippen LogP contribution in [0, 0.1) is 0 Å². The minimum absolute atomic E-state index is 0.241. The van der Waals surface area contributed by atoms with Crippen LogP contribution < -0.4 is 0 Å². The summed E-state index contributed by atoms with van der Waals surface area (Å²) in [6, 6.07) is 0.493. The van der Waals surface area contributed by atoms with E-state index in [9.17, 15) is 0 Å². The minimum atomic E-state index is 0.241. The molecule has 0 amide bonds. The van der Waals surface area contributed by atoms with Crippen molar-refractivity contribution >= 4 is 0 Å². The van der Waals surface area contributed by atoms with E-state index in [2.05, 4.69) is 18.7 Å². The Morgan fingerprint density at radius 3 is 2.71 bits per heavy atom. The number of nitrogens with zero attached hydrogens (tertiary/aromatic N) is 1. The van der Waals surface area contributed by atoms with Crippen LogP contribution in [0.4, 0.5) is 0 Å². The first-order valence-corrected chi connectivity index (χ1v) is 5.70. The van der Waals surface area contributed by atoms with Gasteiger partial charge in [-0.15, -0.1) is 0 Å². The molecule has 1 aliphatic heterocycles. The molecule has 0 spiro atoms. The molecule has 84 valence electrons. The summed E-state index contributed by atoms with van der Waals surface area (Å²) in [6.07, 6.45) is 4.06. The fourth-order valence-electron chi connectivity index (χ4n) is 1.90. The van der Waals surface area contributed by atoms with Crippen molar-refractivity contribution in [2.24, 2.45) is 0 Å². The van der Waals surface area contributed by atoms with Gasteiger partial charge < -0.3 is 9.84 Å². The molecular formula is C11H23NO2. The summed E-state index contributed by atoms with van der Waals surface area (Å²) in [6.45, 7) is 7.22. The highest BCUT2D eigenvalue weighted by atomic mass is 16.5. The van der Waals surface area contributed by atoms with Gasteiger partial charge in [-0.25, -0.2) is 0 Å². The first-order chi connectivity index (χ1) is 6.74. The molecule has 0 radical (unpaired) electrons. The largest absolute Gasteiger partial charge is 0.395 e. The highest BCUT2D eigenvalue weighted by molar-refractivity contribution is 4.71. The summed E-state index contributed by atoms with van der Waals surface area (Å²) in [7, 11) is 0. The second kappa shape index (κ2) is 6.38. The maximum Gasteiger partial charge on any atom is 0.0702 e. The van der Waals surface area contributed by atoms with Crippen molar-refractivity contribution in [2.45, 2.75) is 45.3 Å². The number of aliphatic hydroxyl groups is 1. The average molecular weight is 201 g/mol. The fourth-order valence-corrected chi connectivity index (χ4v) is 1.90. The van der Waals surface area contributed by atoms with Crippen LogP contribution in [-0.4, -0.2) is 48.5 Å². The lowest BCUT2D eigenvalue weighted by atomic mass is 10.1. The zero-order valence-corrected chi connectivity index (χ0v) is 9.41. The van der Waals surface area contributed by atoms with Crippen LogP contribution in [0.1, 0.15) is 33.1 Å². The van der Waals surface area contributed by atoms with Crippen molar-refractivity contribution < 1.29 is 9.84 Å². The lowest BCUT2D eigenvalue weighted by Crippen LogP contribution is -2.41. The molecule has 1 fully saturated rings. The first kappa shape index (κ1) is 12.0. The SMILES string of the molecule is CC(C)N(CCO)CC1CCCCO1. The van der Waals surface area contributed by atoms with Gasteiger partial charge >= 0.3 is 0 Å². The predicted molar refractivity (Wildman–Crippen MR) is 57.4 cm³/mol. The van der Waals surface area contributed by atoms with Crippen LogP contribution in [0.15, 0.2) is 0 Å². The van der Waals surface area contributed by atoms with E-state index >= 15 is 0 Å². The Hall–Kier alpha value is -0.120. The zero-order valence-electron chi connectivity index (χ0n) is 9.41. The highest BCUT2D eigenvalue weighted by Crippen LogP contribution is 2.14. The predicted octanol–water partition coefficient (Wildman–Crippen LogP) is 1.26. The Kier molecular flexibility index (Phi) is 5.45. The third kappa shape index (κ3) is 3.95. The molecule has 3 heteroatoms. The molecule has 1 rings (SSSR count). The first-order valence-electron chi connectivity index (χ1n) is 5.70. The Balaban J connectivity index is 2.29. The van der Waals surface area contributed by atoms with Gasteiger partial charge in [0.25, 0.3) is 0 Å². The molecule has 0 aromatic heterocycles. The van der Waals surface area contributed by atoms with E-state index in [-0.39, 0.29) is 6.61 Å². The maximum absolute atomic E-state index is 8.93. The summed E-state index contributed by atoms with van der Waals surface area (Å²) >= 11 is 0. The third-order valence-electron chi connectivity index (χ3n) is 2.83. The Labute approximate surface area is 87.1 Å². The lowest BCUT2D eigenvalue weighted by molar-refractivity contribution is -0.0137. The van der Waals surface area contributed by atoms with Gasteiger partial charge in [0.2, 0.25) is 0 Å². The average Bonchev–Trinajstić information content (AvgIpc) is 2.18. The molecule has 0 aliphatic carbocycles. The number of aliphatic hydroxyl groups excluding tert-OH is 1. The van der Waals surface area contributed by atoms with Gasteiger partial charge in [0, 0.05) is 25.7 Å². The minimum Gasteiger partial charge on any atom is -0.395 e. The van der Waals surface area contributed by atoms with Crippen molar-refractivity contribution in [3.63, 3.8) is 0 Å². The van der Waals surface area contributed by atoms with E-state index in [0.717, 1.165) is 19.7 Å². The molecule has 1 N–H and O–H groups in total. The molecule has 1 heterocycles. The third-order valence-corrected chi connectivity index (χ3v) is 2.83. The van der Waals surface area contributed by atoms with Gasteiger partial charge in [-0.2, -0.15) is 0 Å². The van der Waals surface area contributed by atoms with Gasteiger partial charge in [0.05, 0.1) is 12.7 Å². The normalized spacial score (nSPS) is 23.4. The summed E-state index contributed by atoms with van der Waals surface area (Å²) in [4.78, 5) is 2.29. The molecule has 14 heavy (non-hydrogen) atoms. The fraction of sp³-hybridized carbons (Fsp3) is 1.00. The molecule has 0 bridgehead atoms. The quantitative estimate of drug-likeness (QED) is 0.727. The van der Waals surface area contributed by atoms with Gasteiger partial charge in [-0.05, 0) is 33.1 Å². The summed E-state index contributed by atoms with van der Waals surface area (Å²) in [5.41, 5.74) is 0. The van der Waals surface area contributed by atoms with Gasteiger partial charge in [-0.3, -0.25) is 4.90 Å². The van der Waals surface area contributed by atoms with Crippen molar-refractivity contribution in [3.05, 3.63) is 0 Å². The van der Waals surface area contributed by atoms with Crippen LogP contribution >= 0.6 is 0 Å². The number of hydrogen-bond acceptors (Lipinski definition) is 3. The van der Waals surface area contributed by atoms with E-state index in [0.29, 0.717) is 12.1 Å². The molecule has 1 unspecified atom stereocenters. The topological polar surface area (TPSA) is 32.7 Å². The van der Waals surface area contributed by atoms with Crippen LogP contribution in [0.25, 0.3) is 0 Å². The lowest BCUT2D eigenvalue weighted by Gasteiger charge is -2.31. The zero-order chi connectivity index (χ0) is 10.4. The summed E-state index contributed by atoms with van der Waals surface area (Å²) < 4.78 is 5.68. The second-order valence-electron chi connectivity index (χ2n) is 4.30. The van der Waals surface area contributed by atoms with E-state index in [1.165, 1.54) is 19.3 Å². The van der Waals surface area contributed by atoms with Crippen LogP contribution in [0.5, 0.6) is 0 Å². The van der Waals surface area contributed by atoms with E-state index in [1.807, 2.05) is 0 Å². The van der Waals surface area contributed by atoms with E-state index in [1.54, 1.807) is 0 Å². The molecule has 0 saturated carbocycles. The number of rotatable bonds is 5. The van der Waals surface area contributed by atoms with Crippen molar-refractivity contribution in [3.8, 4) is 0 Å². The molecule has 1 aliphatic rings. The van der Waals surface area contributed by atoms with Gasteiger partial charge in [0.1, 0.15) is 0 Å². The monoisotopic (exact) mass is 201 g/mol. The Bertz CT molecular complexity index is 144.